The molecule has 5 heteroatoms. The molecule has 2 rings (SSSR count). The van der Waals surface area contributed by atoms with Crippen molar-refractivity contribution < 1.29 is 15.0 Å². The van der Waals surface area contributed by atoms with Gasteiger partial charge in [0.1, 0.15) is 6.10 Å². The average molecular weight is 260 g/mol. The first-order valence-corrected chi connectivity index (χ1v) is 5.87. The SMILES string of the molecule is NC1C=C(C(=O)C(O)c2ccccc2)C=CC1(N)O. The lowest BCUT2D eigenvalue weighted by molar-refractivity contribution is -0.123. The second kappa shape index (κ2) is 5.07. The van der Waals surface area contributed by atoms with Gasteiger partial charge in [-0.05, 0) is 11.6 Å². The van der Waals surface area contributed by atoms with Gasteiger partial charge in [0.25, 0.3) is 0 Å². The van der Waals surface area contributed by atoms with E-state index >= 15 is 0 Å². The van der Waals surface area contributed by atoms with E-state index in [2.05, 4.69) is 0 Å². The Hall–Kier alpha value is -1.79. The van der Waals surface area contributed by atoms with E-state index in [0.717, 1.165) is 0 Å². The van der Waals surface area contributed by atoms with Crippen molar-refractivity contribution in [3.8, 4) is 0 Å². The van der Waals surface area contributed by atoms with Gasteiger partial charge in [0.2, 0.25) is 0 Å². The molecule has 0 aliphatic heterocycles. The van der Waals surface area contributed by atoms with Crippen molar-refractivity contribution in [3.05, 3.63) is 59.7 Å². The van der Waals surface area contributed by atoms with E-state index in [1.807, 2.05) is 0 Å². The Labute approximate surface area is 110 Å². The number of hydrogen-bond acceptors (Lipinski definition) is 5. The van der Waals surface area contributed by atoms with E-state index in [1.165, 1.54) is 18.2 Å². The summed E-state index contributed by atoms with van der Waals surface area (Å²) in [6.07, 6.45) is 2.72. The summed E-state index contributed by atoms with van der Waals surface area (Å²) in [4.78, 5) is 12.1. The van der Waals surface area contributed by atoms with Gasteiger partial charge in [-0.2, -0.15) is 0 Å². The van der Waals surface area contributed by atoms with Crippen molar-refractivity contribution in [3.63, 3.8) is 0 Å². The van der Waals surface area contributed by atoms with Crippen molar-refractivity contribution in [2.24, 2.45) is 11.5 Å². The molecule has 1 aromatic rings. The smallest absolute Gasteiger partial charge is 0.195 e. The van der Waals surface area contributed by atoms with Gasteiger partial charge in [0.05, 0.1) is 6.04 Å². The number of benzene rings is 1. The molecule has 1 aliphatic carbocycles. The van der Waals surface area contributed by atoms with Crippen LogP contribution in [0.25, 0.3) is 0 Å². The van der Waals surface area contributed by atoms with Crippen molar-refractivity contribution in [1.82, 2.24) is 0 Å². The predicted molar refractivity (Wildman–Crippen MR) is 70.7 cm³/mol. The molecule has 3 atom stereocenters. The summed E-state index contributed by atoms with van der Waals surface area (Å²) in [6, 6.07) is 7.71. The number of nitrogens with two attached hydrogens (primary N) is 2. The number of carbonyl (C=O) groups is 1. The van der Waals surface area contributed by atoms with Gasteiger partial charge >= 0.3 is 0 Å². The fourth-order valence-corrected chi connectivity index (χ4v) is 1.83. The summed E-state index contributed by atoms with van der Waals surface area (Å²) in [7, 11) is 0. The van der Waals surface area contributed by atoms with E-state index < -0.39 is 23.7 Å². The Morgan fingerprint density at radius 1 is 1.32 bits per heavy atom. The van der Waals surface area contributed by atoms with Crippen LogP contribution in [-0.2, 0) is 4.79 Å². The maximum Gasteiger partial charge on any atom is 0.195 e. The minimum absolute atomic E-state index is 0.235. The predicted octanol–water partition coefficient (Wildman–Crippen LogP) is -0.240. The second-order valence-corrected chi connectivity index (χ2v) is 4.55. The largest absolute Gasteiger partial charge is 0.380 e. The van der Waals surface area contributed by atoms with Crippen LogP contribution in [0, 0.1) is 0 Å². The van der Waals surface area contributed by atoms with Crippen LogP contribution in [-0.4, -0.2) is 27.8 Å². The minimum atomic E-state index is -1.67. The van der Waals surface area contributed by atoms with Crippen LogP contribution in [0.2, 0.25) is 0 Å². The van der Waals surface area contributed by atoms with Crippen molar-refractivity contribution in [2.75, 3.05) is 0 Å². The van der Waals surface area contributed by atoms with E-state index in [0.29, 0.717) is 5.56 Å². The van der Waals surface area contributed by atoms with Crippen LogP contribution in [0.1, 0.15) is 11.7 Å². The molecule has 1 aliphatic rings. The van der Waals surface area contributed by atoms with E-state index in [4.69, 9.17) is 11.5 Å². The Kier molecular flexibility index (Phi) is 3.64. The molecule has 1 aromatic carbocycles. The van der Waals surface area contributed by atoms with Gasteiger partial charge in [-0.3, -0.25) is 10.5 Å². The highest BCUT2D eigenvalue weighted by molar-refractivity contribution is 6.02. The third-order valence-corrected chi connectivity index (χ3v) is 3.07. The van der Waals surface area contributed by atoms with Gasteiger partial charge < -0.3 is 15.9 Å². The molecule has 0 fully saturated rings. The van der Waals surface area contributed by atoms with E-state index in [9.17, 15) is 15.0 Å². The molecule has 6 N–H and O–H groups in total. The molecule has 100 valence electrons. The van der Waals surface area contributed by atoms with Crippen molar-refractivity contribution in [1.29, 1.82) is 0 Å². The molecular formula is C14H16N2O3. The maximum atomic E-state index is 12.1. The maximum absolute atomic E-state index is 12.1. The first-order valence-electron chi connectivity index (χ1n) is 5.87. The molecule has 0 saturated heterocycles. The number of aliphatic hydroxyl groups is 2. The third kappa shape index (κ3) is 2.80. The summed E-state index contributed by atoms with van der Waals surface area (Å²) in [5.41, 5.74) is 10.2. The fraction of sp³-hybridized carbons (Fsp3) is 0.214. The lowest BCUT2D eigenvalue weighted by atomic mass is 9.91. The van der Waals surface area contributed by atoms with Gasteiger partial charge in [0.15, 0.2) is 11.5 Å². The summed E-state index contributed by atoms with van der Waals surface area (Å²) in [5, 5.41) is 19.6. The van der Waals surface area contributed by atoms with Crippen molar-refractivity contribution in [2.45, 2.75) is 17.9 Å². The number of rotatable bonds is 3. The summed E-state index contributed by atoms with van der Waals surface area (Å²) in [6.45, 7) is 0. The highest BCUT2D eigenvalue weighted by atomic mass is 16.3. The molecule has 0 saturated carbocycles. The normalized spacial score (nSPS) is 27.8. The van der Waals surface area contributed by atoms with Gasteiger partial charge in [-0.25, -0.2) is 0 Å². The molecular weight excluding hydrogens is 244 g/mol. The molecule has 0 radical (unpaired) electrons. The molecule has 0 spiro atoms. The molecule has 19 heavy (non-hydrogen) atoms. The lowest BCUT2D eigenvalue weighted by Gasteiger charge is -2.28. The molecule has 0 amide bonds. The topological polar surface area (TPSA) is 110 Å². The average Bonchev–Trinajstić information content (AvgIpc) is 2.41. The Balaban J connectivity index is 2.20. The van der Waals surface area contributed by atoms with E-state index in [1.54, 1.807) is 30.3 Å². The number of hydrogen-bond donors (Lipinski definition) is 4. The van der Waals surface area contributed by atoms with Crippen LogP contribution < -0.4 is 11.5 Å². The summed E-state index contributed by atoms with van der Waals surface area (Å²) >= 11 is 0. The Bertz CT molecular complexity index is 535. The molecule has 0 aromatic heterocycles. The second-order valence-electron chi connectivity index (χ2n) is 4.55. The summed E-state index contributed by atoms with van der Waals surface area (Å²) < 4.78 is 0. The zero-order valence-corrected chi connectivity index (χ0v) is 10.2. The third-order valence-electron chi connectivity index (χ3n) is 3.07. The Morgan fingerprint density at radius 2 is 1.95 bits per heavy atom. The van der Waals surface area contributed by atoms with Crippen LogP contribution in [0.5, 0.6) is 0 Å². The quantitative estimate of drug-likeness (QED) is 0.561. The number of aliphatic hydroxyl groups excluding tert-OH is 1. The molecule has 3 unspecified atom stereocenters. The monoisotopic (exact) mass is 260 g/mol. The Morgan fingerprint density at radius 3 is 2.53 bits per heavy atom. The van der Waals surface area contributed by atoms with E-state index in [-0.39, 0.29) is 5.57 Å². The molecule has 0 heterocycles. The highest BCUT2D eigenvalue weighted by Crippen LogP contribution is 2.22. The van der Waals surface area contributed by atoms with Gasteiger partial charge in [-0.15, -0.1) is 0 Å². The number of carbonyl (C=O) groups excluding carboxylic acids is 1. The standard InChI is InChI=1S/C14H16N2O3/c15-11-8-10(6-7-14(11,16)19)13(18)12(17)9-4-2-1-3-5-9/h1-8,11-12,17,19H,15-16H2. The highest BCUT2D eigenvalue weighted by Gasteiger charge is 2.31. The molecule has 5 nitrogen and oxygen atoms in total. The number of Topliss-reactive ketones (excluding diaryl/α,β-unsaturated/α-hetero) is 1. The number of allylic oxidation sites excluding steroid dienone is 1. The van der Waals surface area contributed by atoms with Gasteiger partial charge in [-0.1, -0.05) is 42.5 Å². The van der Waals surface area contributed by atoms with Crippen molar-refractivity contribution >= 4 is 5.78 Å². The van der Waals surface area contributed by atoms with Crippen LogP contribution >= 0.6 is 0 Å². The first-order chi connectivity index (χ1) is 8.92. The number of ketones is 1. The fourth-order valence-electron chi connectivity index (χ4n) is 1.83. The van der Waals surface area contributed by atoms with Crippen LogP contribution in [0.15, 0.2) is 54.1 Å². The zero-order chi connectivity index (χ0) is 14.0. The van der Waals surface area contributed by atoms with Crippen LogP contribution in [0.3, 0.4) is 0 Å². The van der Waals surface area contributed by atoms with Crippen LogP contribution in [0.4, 0.5) is 0 Å². The summed E-state index contributed by atoms with van der Waals surface area (Å²) in [5.74, 6) is -0.478. The first kappa shape index (κ1) is 13.6. The molecule has 0 bridgehead atoms. The lowest BCUT2D eigenvalue weighted by Crippen LogP contribution is -2.54. The zero-order valence-electron chi connectivity index (χ0n) is 10.2. The van der Waals surface area contributed by atoms with Gasteiger partial charge in [0, 0.05) is 5.57 Å². The minimum Gasteiger partial charge on any atom is -0.380 e.